The fourth-order valence-corrected chi connectivity index (χ4v) is 3.25. The number of carbonyl (C=O) groups is 1. The molecule has 0 atom stereocenters. The fraction of sp³-hybridized carbons (Fsp3) is 0.524. The zero-order chi connectivity index (χ0) is 19.3. The first-order valence-electron chi connectivity index (χ1n) is 9.69. The maximum Gasteiger partial charge on any atom is 0.410 e. The number of benzene rings is 1. The van der Waals surface area contributed by atoms with Gasteiger partial charge in [0.1, 0.15) is 11.4 Å². The molecule has 2 aromatic rings. The van der Waals surface area contributed by atoms with Crippen LogP contribution in [-0.4, -0.2) is 46.2 Å². The van der Waals surface area contributed by atoms with Crippen molar-refractivity contribution in [2.45, 2.75) is 45.8 Å². The number of nitrogens with one attached hydrogen (secondary N) is 2. The average Bonchev–Trinajstić information content (AvgIpc) is 3.10. The number of H-pyrrole nitrogens is 1. The summed E-state index contributed by atoms with van der Waals surface area (Å²) in [6.45, 7) is 8.96. The van der Waals surface area contributed by atoms with E-state index in [1.807, 2.05) is 50.1 Å². The lowest BCUT2D eigenvalue weighted by Gasteiger charge is -2.33. The summed E-state index contributed by atoms with van der Waals surface area (Å²) in [7, 11) is 0. The minimum atomic E-state index is -0.432. The third kappa shape index (κ3) is 5.82. The van der Waals surface area contributed by atoms with Crippen molar-refractivity contribution >= 4 is 6.09 Å². The Morgan fingerprint density at radius 2 is 1.96 bits per heavy atom. The van der Waals surface area contributed by atoms with Gasteiger partial charge in [-0.25, -0.2) is 9.78 Å². The van der Waals surface area contributed by atoms with Gasteiger partial charge in [-0.2, -0.15) is 0 Å². The number of hydrogen-bond donors (Lipinski definition) is 2. The van der Waals surface area contributed by atoms with Crippen LogP contribution in [0.25, 0.3) is 11.4 Å². The number of piperidine rings is 1. The van der Waals surface area contributed by atoms with Crippen LogP contribution in [0.2, 0.25) is 0 Å². The van der Waals surface area contributed by atoms with Crippen molar-refractivity contribution in [3.05, 3.63) is 42.2 Å². The van der Waals surface area contributed by atoms with Gasteiger partial charge in [0.05, 0.1) is 0 Å². The molecular weight excluding hydrogens is 340 g/mol. The summed E-state index contributed by atoms with van der Waals surface area (Å²) in [5.41, 5.74) is 1.75. The topological polar surface area (TPSA) is 70.2 Å². The Morgan fingerprint density at radius 1 is 1.26 bits per heavy atom. The number of rotatable bonds is 5. The normalized spacial score (nSPS) is 15.7. The highest BCUT2D eigenvalue weighted by molar-refractivity contribution is 5.68. The molecule has 0 saturated carbocycles. The summed E-state index contributed by atoms with van der Waals surface area (Å²) in [6.07, 6.45) is 3.70. The number of hydrogen-bond acceptors (Lipinski definition) is 4. The summed E-state index contributed by atoms with van der Waals surface area (Å²) in [4.78, 5) is 21.8. The second-order valence-corrected chi connectivity index (χ2v) is 8.16. The lowest BCUT2D eigenvalue weighted by Crippen LogP contribution is -2.43. The van der Waals surface area contributed by atoms with Crippen LogP contribution in [0.1, 0.15) is 39.3 Å². The molecular formula is C21H30N4O2. The third-order valence-corrected chi connectivity index (χ3v) is 4.69. The van der Waals surface area contributed by atoms with Gasteiger partial charge < -0.3 is 19.9 Å². The standard InChI is InChI=1S/C21H30N4O2/c1-21(2,3)27-20(26)25-11-9-16(10-12-25)13-22-14-18-15-23-19(24-18)17-7-5-4-6-8-17/h4-8,15-16,22H,9-14H2,1-3H3,(H,23,24). The van der Waals surface area contributed by atoms with Gasteiger partial charge in [-0.1, -0.05) is 30.3 Å². The average molecular weight is 370 g/mol. The van der Waals surface area contributed by atoms with Crippen molar-refractivity contribution in [3.63, 3.8) is 0 Å². The highest BCUT2D eigenvalue weighted by Gasteiger charge is 2.26. The molecule has 0 aliphatic carbocycles. The van der Waals surface area contributed by atoms with Gasteiger partial charge in [-0.05, 0) is 46.1 Å². The minimum absolute atomic E-state index is 0.195. The largest absolute Gasteiger partial charge is 0.444 e. The number of likely N-dealkylation sites (tertiary alicyclic amines) is 1. The number of carbonyl (C=O) groups excluding carboxylic acids is 1. The molecule has 3 rings (SSSR count). The molecule has 0 radical (unpaired) electrons. The van der Waals surface area contributed by atoms with Crippen molar-refractivity contribution in [2.75, 3.05) is 19.6 Å². The van der Waals surface area contributed by atoms with E-state index in [2.05, 4.69) is 27.4 Å². The van der Waals surface area contributed by atoms with Crippen LogP contribution >= 0.6 is 0 Å². The van der Waals surface area contributed by atoms with Gasteiger partial charge in [-0.15, -0.1) is 0 Å². The van der Waals surface area contributed by atoms with E-state index >= 15 is 0 Å². The third-order valence-electron chi connectivity index (χ3n) is 4.69. The van der Waals surface area contributed by atoms with Crippen molar-refractivity contribution in [3.8, 4) is 11.4 Å². The van der Waals surface area contributed by atoms with E-state index in [4.69, 9.17) is 4.74 Å². The first kappa shape index (κ1) is 19.4. The molecule has 2 N–H and O–H groups in total. The molecule has 0 spiro atoms. The van der Waals surface area contributed by atoms with Gasteiger partial charge in [0.15, 0.2) is 0 Å². The Morgan fingerprint density at radius 3 is 2.63 bits per heavy atom. The number of nitrogens with zero attached hydrogens (tertiary/aromatic N) is 2. The lowest BCUT2D eigenvalue weighted by molar-refractivity contribution is 0.0184. The fourth-order valence-electron chi connectivity index (χ4n) is 3.25. The van der Waals surface area contributed by atoms with E-state index in [1.54, 1.807) is 0 Å². The SMILES string of the molecule is CC(C)(C)OC(=O)N1CCC(CNCc2cnc(-c3ccccc3)[nH]2)CC1. The molecule has 2 heterocycles. The lowest BCUT2D eigenvalue weighted by atomic mass is 9.97. The molecule has 6 nitrogen and oxygen atoms in total. The minimum Gasteiger partial charge on any atom is -0.444 e. The first-order valence-corrected chi connectivity index (χ1v) is 9.69. The number of aromatic amines is 1. The van der Waals surface area contributed by atoms with Crippen LogP contribution < -0.4 is 5.32 Å². The van der Waals surface area contributed by atoms with Crippen LogP contribution in [0.5, 0.6) is 0 Å². The molecule has 0 unspecified atom stereocenters. The Kier molecular flexibility index (Phi) is 6.16. The van der Waals surface area contributed by atoms with Crippen molar-refractivity contribution in [2.24, 2.45) is 5.92 Å². The molecule has 146 valence electrons. The molecule has 27 heavy (non-hydrogen) atoms. The Hall–Kier alpha value is -2.34. The number of imidazole rings is 1. The van der Waals surface area contributed by atoms with Gasteiger partial charge >= 0.3 is 6.09 Å². The monoisotopic (exact) mass is 370 g/mol. The van der Waals surface area contributed by atoms with Gasteiger partial charge in [0, 0.05) is 37.1 Å². The summed E-state index contributed by atoms with van der Waals surface area (Å²) < 4.78 is 5.45. The second kappa shape index (κ2) is 8.57. The smallest absolute Gasteiger partial charge is 0.410 e. The molecule has 0 bridgehead atoms. The van der Waals surface area contributed by atoms with Crippen molar-refractivity contribution < 1.29 is 9.53 Å². The Balaban J connectivity index is 1.39. The predicted octanol–water partition coefficient (Wildman–Crippen LogP) is 3.81. The van der Waals surface area contributed by atoms with Crippen LogP contribution in [0, 0.1) is 5.92 Å². The summed E-state index contributed by atoms with van der Waals surface area (Å²) in [5, 5.41) is 3.51. The molecule has 1 amide bonds. The van der Waals surface area contributed by atoms with Crippen molar-refractivity contribution in [1.82, 2.24) is 20.2 Å². The van der Waals surface area contributed by atoms with Gasteiger partial charge in [0.25, 0.3) is 0 Å². The summed E-state index contributed by atoms with van der Waals surface area (Å²) in [6, 6.07) is 10.1. The number of aromatic nitrogens is 2. The zero-order valence-electron chi connectivity index (χ0n) is 16.5. The van der Waals surface area contributed by atoms with E-state index < -0.39 is 5.60 Å². The predicted molar refractivity (Wildman–Crippen MR) is 106 cm³/mol. The van der Waals surface area contributed by atoms with Crippen LogP contribution in [0.3, 0.4) is 0 Å². The van der Waals surface area contributed by atoms with E-state index in [0.29, 0.717) is 5.92 Å². The van der Waals surface area contributed by atoms with Crippen molar-refractivity contribution in [1.29, 1.82) is 0 Å². The maximum absolute atomic E-state index is 12.1. The molecule has 1 fully saturated rings. The zero-order valence-corrected chi connectivity index (χ0v) is 16.5. The quantitative estimate of drug-likeness (QED) is 0.839. The second-order valence-electron chi connectivity index (χ2n) is 8.16. The highest BCUT2D eigenvalue weighted by Crippen LogP contribution is 2.19. The van der Waals surface area contributed by atoms with E-state index in [1.165, 1.54) is 0 Å². The highest BCUT2D eigenvalue weighted by atomic mass is 16.6. The van der Waals surface area contributed by atoms with Gasteiger partial charge in [0.2, 0.25) is 0 Å². The van der Waals surface area contributed by atoms with E-state index in [0.717, 1.165) is 56.1 Å². The Labute approximate surface area is 161 Å². The van der Waals surface area contributed by atoms with Gasteiger partial charge in [-0.3, -0.25) is 0 Å². The molecule has 1 aromatic carbocycles. The number of amides is 1. The number of ether oxygens (including phenoxy) is 1. The molecule has 1 aliphatic heterocycles. The maximum atomic E-state index is 12.1. The molecule has 6 heteroatoms. The molecule has 1 saturated heterocycles. The van der Waals surface area contributed by atoms with Crippen LogP contribution in [-0.2, 0) is 11.3 Å². The molecule has 1 aliphatic rings. The van der Waals surface area contributed by atoms with Crippen LogP contribution in [0.15, 0.2) is 36.5 Å². The van der Waals surface area contributed by atoms with Crippen LogP contribution in [0.4, 0.5) is 4.79 Å². The first-order chi connectivity index (χ1) is 12.9. The van der Waals surface area contributed by atoms with E-state index in [9.17, 15) is 4.79 Å². The summed E-state index contributed by atoms with van der Waals surface area (Å²) in [5.74, 6) is 1.48. The molecule has 1 aromatic heterocycles. The summed E-state index contributed by atoms with van der Waals surface area (Å²) >= 11 is 0. The Bertz CT molecular complexity index is 728. The van der Waals surface area contributed by atoms with E-state index in [-0.39, 0.29) is 6.09 Å².